The Hall–Kier alpha value is -2.89. The molecular formula is C16H14N2O4. The van der Waals surface area contributed by atoms with Gasteiger partial charge in [0.15, 0.2) is 0 Å². The molecule has 0 spiro atoms. The summed E-state index contributed by atoms with van der Waals surface area (Å²) >= 11 is 0. The van der Waals surface area contributed by atoms with Gasteiger partial charge < -0.3 is 15.7 Å². The molecule has 1 fully saturated rings. The van der Waals surface area contributed by atoms with E-state index in [4.69, 9.17) is 10.8 Å². The van der Waals surface area contributed by atoms with E-state index >= 15 is 0 Å². The second-order valence-electron chi connectivity index (χ2n) is 5.36. The molecule has 2 aromatic carbocycles. The highest BCUT2D eigenvalue weighted by molar-refractivity contribution is 6.02. The second-order valence-corrected chi connectivity index (χ2v) is 5.36. The summed E-state index contributed by atoms with van der Waals surface area (Å²) in [6.07, 6.45) is 0.130. The monoisotopic (exact) mass is 298 g/mol. The molecule has 2 amide bonds. The topological polar surface area (TPSA) is 101 Å². The Labute approximate surface area is 126 Å². The average molecular weight is 298 g/mol. The summed E-state index contributed by atoms with van der Waals surface area (Å²) in [6.45, 7) is 0.285. The fourth-order valence-electron chi connectivity index (χ4n) is 2.68. The molecule has 1 atom stereocenters. The molecule has 1 aliphatic rings. The summed E-state index contributed by atoms with van der Waals surface area (Å²) in [6, 6.07) is 10.1. The number of anilines is 1. The molecule has 0 aliphatic carbocycles. The predicted octanol–water partition coefficient (Wildman–Crippen LogP) is 1.38. The van der Waals surface area contributed by atoms with E-state index in [2.05, 4.69) is 0 Å². The molecule has 22 heavy (non-hydrogen) atoms. The Morgan fingerprint density at radius 3 is 2.45 bits per heavy atom. The van der Waals surface area contributed by atoms with Gasteiger partial charge in [-0.3, -0.25) is 9.59 Å². The molecule has 0 radical (unpaired) electrons. The molecule has 3 N–H and O–H groups in total. The van der Waals surface area contributed by atoms with E-state index in [1.54, 1.807) is 29.2 Å². The molecule has 1 unspecified atom stereocenters. The molecule has 1 saturated heterocycles. The van der Waals surface area contributed by atoms with Gasteiger partial charge in [0.25, 0.3) is 0 Å². The van der Waals surface area contributed by atoms with E-state index in [0.717, 1.165) is 10.8 Å². The lowest BCUT2D eigenvalue weighted by Gasteiger charge is -2.17. The van der Waals surface area contributed by atoms with Gasteiger partial charge in [0.2, 0.25) is 11.8 Å². The zero-order valence-corrected chi connectivity index (χ0v) is 11.7. The van der Waals surface area contributed by atoms with Gasteiger partial charge in [0.1, 0.15) is 0 Å². The van der Waals surface area contributed by atoms with Crippen molar-refractivity contribution in [1.29, 1.82) is 0 Å². The number of primary amides is 1. The molecule has 6 heteroatoms. The van der Waals surface area contributed by atoms with E-state index in [0.29, 0.717) is 5.69 Å². The van der Waals surface area contributed by atoms with Crippen molar-refractivity contribution in [2.75, 3.05) is 11.4 Å². The molecule has 0 saturated carbocycles. The average Bonchev–Trinajstić information content (AvgIpc) is 2.88. The van der Waals surface area contributed by atoms with Gasteiger partial charge in [-0.15, -0.1) is 0 Å². The van der Waals surface area contributed by atoms with Crippen LogP contribution < -0.4 is 10.6 Å². The SMILES string of the molecule is NC(=O)C1CC(=O)N(c2ccc3cc(C(=O)O)ccc3c2)C1. The van der Waals surface area contributed by atoms with E-state index in [-0.39, 0.29) is 24.4 Å². The smallest absolute Gasteiger partial charge is 0.335 e. The highest BCUT2D eigenvalue weighted by atomic mass is 16.4. The van der Waals surface area contributed by atoms with E-state index in [1.807, 2.05) is 6.07 Å². The Kier molecular flexibility index (Phi) is 3.29. The highest BCUT2D eigenvalue weighted by Gasteiger charge is 2.33. The fourth-order valence-corrected chi connectivity index (χ4v) is 2.68. The van der Waals surface area contributed by atoms with Crippen molar-refractivity contribution >= 4 is 34.2 Å². The zero-order valence-electron chi connectivity index (χ0n) is 11.7. The number of carbonyl (C=O) groups excluding carboxylic acids is 2. The van der Waals surface area contributed by atoms with E-state index < -0.39 is 17.8 Å². The van der Waals surface area contributed by atoms with Crippen molar-refractivity contribution in [1.82, 2.24) is 0 Å². The number of aromatic carboxylic acids is 1. The standard InChI is InChI=1S/C16H14N2O4/c17-15(20)12-7-14(19)18(8-12)13-4-3-9-5-11(16(21)22)2-1-10(9)6-13/h1-6,12H,7-8H2,(H2,17,20)(H,21,22). The quantitative estimate of drug-likeness (QED) is 0.893. The van der Waals surface area contributed by atoms with E-state index in [9.17, 15) is 14.4 Å². The predicted molar refractivity (Wildman–Crippen MR) is 80.6 cm³/mol. The number of hydrogen-bond acceptors (Lipinski definition) is 3. The number of benzene rings is 2. The van der Waals surface area contributed by atoms with Crippen LogP contribution in [0.4, 0.5) is 5.69 Å². The van der Waals surface area contributed by atoms with Crippen LogP contribution >= 0.6 is 0 Å². The molecule has 0 aromatic heterocycles. The molecule has 3 rings (SSSR count). The lowest BCUT2D eigenvalue weighted by atomic mass is 10.1. The number of carboxylic acids is 1. The number of hydrogen-bond donors (Lipinski definition) is 2. The summed E-state index contributed by atoms with van der Waals surface area (Å²) in [7, 11) is 0. The summed E-state index contributed by atoms with van der Waals surface area (Å²) in [5.74, 6) is -2.05. The maximum Gasteiger partial charge on any atom is 0.335 e. The molecule has 6 nitrogen and oxygen atoms in total. The molecule has 112 valence electrons. The van der Waals surface area contributed by atoms with Gasteiger partial charge in [-0.2, -0.15) is 0 Å². The first-order valence-electron chi connectivity index (χ1n) is 6.82. The Morgan fingerprint density at radius 1 is 1.14 bits per heavy atom. The maximum atomic E-state index is 12.0. The largest absolute Gasteiger partial charge is 0.478 e. The lowest BCUT2D eigenvalue weighted by Crippen LogP contribution is -2.28. The van der Waals surface area contributed by atoms with Crippen LogP contribution in [0.1, 0.15) is 16.8 Å². The summed E-state index contributed by atoms with van der Waals surface area (Å²) in [4.78, 5) is 35.7. The molecule has 1 heterocycles. The highest BCUT2D eigenvalue weighted by Crippen LogP contribution is 2.28. The van der Waals surface area contributed by atoms with Gasteiger partial charge in [0, 0.05) is 18.7 Å². The van der Waals surface area contributed by atoms with Crippen LogP contribution in [0.2, 0.25) is 0 Å². The summed E-state index contributed by atoms with van der Waals surface area (Å²) < 4.78 is 0. The number of carboxylic acid groups (broad SMARTS) is 1. The lowest BCUT2D eigenvalue weighted by molar-refractivity contribution is -0.123. The van der Waals surface area contributed by atoms with Crippen LogP contribution in [0.3, 0.4) is 0 Å². The minimum atomic E-state index is -0.981. The maximum absolute atomic E-state index is 12.0. The zero-order chi connectivity index (χ0) is 15.9. The first-order valence-corrected chi connectivity index (χ1v) is 6.82. The number of nitrogens with two attached hydrogens (primary N) is 1. The Bertz CT molecular complexity index is 800. The molecule has 1 aliphatic heterocycles. The number of fused-ring (bicyclic) bond motifs is 1. The van der Waals surface area contributed by atoms with Crippen molar-refractivity contribution in [3.05, 3.63) is 42.0 Å². The second kappa shape index (κ2) is 5.14. The number of amides is 2. The fraction of sp³-hybridized carbons (Fsp3) is 0.188. The summed E-state index contributed by atoms with van der Waals surface area (Å²) in [5, 5.41) is 10.6. The van der Waals surface area contributed by atoms with Crippen molar-refractivity contribution in [3.8, 4) is 0 Å². The van der Waals surface area contributed by atoms with Gasteiger partial charge in [-0.1, -0.05) is 12.1 Å². The van der Waals surface area contributed by atoms with E-state index in [1.165, 1.54) is 6.07 Å². The van der Waals surface area contributed by atoms with Crippen LogP contribution in [-0.4, -0.2) is 29.4 Å². The van der Waals surface area contributed by atoms with Crippen molar-refractivity contribution < 1.29 is 19.5 Å². The number of carbonyl (C=O) groups is 3. The van der Waals surface area contributed by atoms with Crippen LogP contribution in [0, 0.1) is 5.92 Å². The Morgan fingerprint density at radius 2 is 1.82 bits per heavy atom. The Balaban J connectivity index is 1.96. The molecule has 0 bridgehead atoms. The third-order valence-corrected chi connectivity index (χ3v) is 3.91. The third-order valence-electron chi connectivity index (χ3n) is 3.91. The van der Waals surface area contributed by atoms with Crippen molar-refractivity contribution in [2.45, 2.75) is 6.42 Å². The van der Waals surface area contributed by atoms with Crippen molar-refractivity contribution in [2.24, 2.45) is 11.7 Å². The van der Waals surface area contributed by atoms with Crippen LogP contribution in [0.5, 0.6) is 0 Å². The molecule has 2 aromatic rings. The van der Waals surface area contributed by atoms with Gasteiger partial charge >= 0.3 is 5.97 Å². The number of nitrogens with zero attached hydrogens (tertiary/aromatic N) is 1. The van der Waals surface area contributed by atoms with Crippen LogP contribution in [0.25, 0.3) is 10.8 Å². The van der Waals surface area contributed by atoms with Gasteiger partial charge in [-0.05, 0) is 35.0 Å². The molecular weight excluding hydrogens is 284 g/mol. The first-order chi connectivity index (χ1) is 10.5. The van der Waals surface area contributed by atoms with Gasteiger partial charge in [0.05, 0.1) is 11.5 Å². The van der Waals surface area contributed by atoms with Crippen LogP contribution in [-0.2, 0) is 9.59 Å². The minimum Gasteiger partial charge on any atom is -0.478 e. The first kappa shape index (κ1) is 14.1. The normalized spacial score (nSPS) is 17.9. The number of rotatable bonds is 3. The van der Waals surface area contributed by atoms with Gasteiger partial charge in [-0.25, -0.2) is 4.79 Å². The third kappa shape index (κ3) is 2.39. The van der Waals surface area contributed by atoms with Crippen molar-refractivity contribution in [3.63, 3.8) is 0 Å². The van der Waals surface area contributed by atoms with Crippen LogP contribution in [0.15, 0.2) is 36.4 Å². The summed E-state index contributed by atoms with van der Waals surface area (Å²) in [5.41, 5.74) is 6.16. The minimum absolute atomic E-state index is 0.130.